The molecule has 0 bridgehead atoms. The van der Waals surface area contributed by atoms with E-state index in [1.165, 1.54) is 64.3 Å². The van der Waals surface area contributed by atoms with E-state index in [1.807, 2.05) is 0 Å². The van der Waals surface area contributed by atoms with Crippen LogP contribution in [0.4, 0.5) is 0 Å². The quantitative estimate of drug-likeness (QED) is 0.775. The zero-order valence-corrected chi connectivity index (χ0v) is 9.84. The summed E-state index contributed by atoms with van der Waals surface area (Å²) >= 11 is 0. The molecule has 2 rings (SSSR count). The van der Waals surface area contributed by atoms with E-state index in [0.717, 1.165) is 12.6 Å². The van der Waals surface area contributed by atoms with Gasteiger partial charge in [0.05, 0.1) is 6.10 Å². The summed E-state index contributed by atoms with van der Waals surface area (Å²) in [7, 11) is 0. The monoisotopic (exact) mass is 211 g/mol. The predicted molar refractivity (Wildman–Crippen MR) is 63.1 cm³/mol. The van der Waals surface area contributed by atoms with Gasteiger partial charge in [-0.15, -0.1) is 0 Å². The van der Waals surface area contributed by atoms with Crippen LogP contribution in [0, 0.1) is 0 Å². The number of hydrogen-bond donors (Lipinski definition) is 1. The first-order chi connectivity index (χ1) is 7.45. The molecule has 0 saturated carbocycles. The van der Waals surface area contributed by atoms with Crippen LogP contribution < -0.4 is 5.32 Å². The van der Waals surface area contributed by atoms with Crippen molar-refractivity contribution in [3.05, 3.63) is 0 Å². The van der Waals surface area contributed by atoms with Gasteiger partial charge in [0.25, 0.3) is 0 Å². The van der Waals surface area contributed by atoms with Gasteiger partial charge < -0.3 is 10.1 Å². The molecule has 88 valence electrons. The van der Waals surface area contributed by atoms with Crippen molar-refractivity contribution in [1.82, 2.24) is 5.32 Å². The number of rotatable bonds is 3. The lowest BCUT2D eigenvalue weighted by molar-refractivity contribution is 0.00852. The lowest BCUT2D eigenvalue weighted by atomic mass is 9.99. The van der Waals surface area contributed by atoms with Crippen LogP contribution in [0.15, 0.2) is 0 Å². The molecule has 2 aliphatic heterocycles. The molecule has 2 heteroatoms. The maximum Gasteiger partial charge on any atom is 0.0575 e. The van der Waals surface area contributed by atoms with Gasteiger partial charge in [-0.2, -0.15) is 0 Å². The van der Waals surface area contributed by atoms with Gasteiger partial charge >= 0.3 is 0 Å². The first kappa shape index (κ1) is 11.4. The SMILES string of the molecule is C1CCNC(CCC2CCCCO2)CC1. The Morgan fingerprint density at radius 3 is 2.73 bits per heavy atom. The summed E-state index contributed by atoms with van der Waals surface area (Å²) in [5.41, 5.74) is 0. The van der Waals surface area contributed by atoms with Gasteiger partial charge in [-0.1, -0.05) is 12.8 Å². The van der Waals surface area contributed by atoms with E-state index < -0.39 is 0 Å². The average Bonchev–Trinajstić information content (AvgIpc) is 2.56. The normalized spacial score (nSPS) is 33.6. The molecule has 2 aliphatic rings. The van der Waals surface area contributed by atoms with Crippen LogP contribution in [0.3, 0.4) is 0 Å². The largest absolute Gasteiger partial charge is 0.378 e. The Morgan fingerprint density at radius 1 is 0.933 bits per heavy atom. The van der Waals surface area contributed by atoms with Gasteiger partial charge in [0.1, 0.15) is 0 Å². The molecular formula is C13H25NO. The fourth-order valence-electron chi connectivity index (χ4n) is 2.77. The Balaban J connectivity index is 1.62. The molecule has 2 fully saturated rings. The summed E-state index contributed by atoms with van der Waals surface area (Å²) in [6.45, 7) is 2.24. The highest BCUT2D eigenvalue weighted by Gasteiger charge is 2.17. The average molecular weight is 211 g/mol. The predicted octanol–water partition coefficient (Wildman–Crippen LogP) is 2.87. The number of nitrogens with one attached hydrogen (secondary N) is 1. The summed E-state index contributed by atoms with van der Waals surface area (Å²) in [5.74, 6) is 0. The lowest BCUT2D eigenvalue weighted by Gasteiger charge is -2.24. The van der Waals surface area contributed by atoms with E-state index in [1.54, 1.807) is 0 Å². The van der Waals surface area contributed by atoms with Crippen LogP contribution in [0.25, 0.3) is 0 Å². The summed E-state index contributed by atoms with van der Waals surface area (Å²) in [5, 5.41) is 3.67. The molecule has 2 unspecified atom stereocenters. The van der Waals surface area contributed by atoms with E-state index in [9.17, 15) is 0 Å². The van der Waals surface area contributed by atoms with E-state index in [-0.39, 0.29) is 0 Å². The fourth-order valence-corrected chi connectivity index (χ4v) is 2.77. The van der Waals surface area contributed by atoms with Gasteiger partial charge in [-0.05, 0) is 51.5 Å². The Hall–Kier alpha value is -0.0800. The third kappa shape index (κ3) is 4.12. The smallest absolute Gasteiger partial charge is 0.0575 e. The second kappa shape index (κ2) is 6.49. The van der Waals surface area contributed by atoms with E-state index in [0.29, 0.717) is 6.10 Å². The van der Waals surface area contributed by atoms with E-state index in [4.69, 9.17) is 4.74 Å². The molecule has 0 amide bonds. The van der Waals surface area contributed by atoms with Crippen LogP contribution in [0.1, 0.15) is 57.8 Å². The van der Waals surface area contributed by atoms with Gasteiger partial charge in [-0.3, -0.25) is 0 Å². The second-order valence-corrected chi connectivity index (χ2v) is 5.07. The molecule has 0 aromatic heterocycles. The molecule has 2 atom stereocenters. The van der Waals surface area contributed by atoms with Crippen LogP contribution in [0.5, 0.6) is 0 Å². The maximum absolute atomic E-state index is 5.77. The molecule has 0 aromatic carbocycles. The Morgan fingerprint density at radius 2 is 1.87 bits per heavy atom. The highest BCUT2D eigenvalue weighted by atomic mass is 16.5. The molecule has 1 N–H and O–H groups in total. The van der Waals surface area contributed by atoms with Crippen molar-refractivity contribution in [2.75, 3.05) is 13.2 Å². The summed E-state index contributed by atoms with van der Waals surface area (Å²) in [4.78, 5) is 0. The molecule has 0 spiro atoms. The molecule has 0 aromatic rings. The van der Waals surface area contributed by atoms with Crippen LogP contribution in [-0.4, -0.2) is 25.3 Å². The van der Waals surface area contributed by atoms with Crippen molar-refractivity contribution in [2.45, 2.75) is 69.9 Å². The minimum absolute atomic E-state index is 0.573. The van der Waals surface area contributed by atoms with Gasteiger partial charge in [0, 0.05) is 12.6 Å². The van der Waals surface area contributed by atoms with Crippen molar-refractivity contribution in [1.29, 1.82) is 0 Å². The number of hydrogen-bond acceptors (Lipinski definition) is 2. The highest BCUT2D eigenvalue weighted by molar-refractivity contribution is 4.73. The molecule has 2 heterocycles. The molecule has 0 radical (unpaired) electrons. The topological polar surface area (TPSA) is 21.3 Å². The Labute approximate surface area is 93.8 Å². The summed E-state index contributed by atoms with van der Waals surface area (Å²) in [6.07, 6.45) is 12.7. The summed E-state index contributed by atoms with van der Waals surface area (Å²) < 4.78 is 5.77. The highest BCUT2D eigenvalue weighted by Crippen LogP contribution is 2.20. The van der Waals surface area contributed by atoms with Gasteiger partial charge in [-0.25, -0.2) is 0 Å². The van der Waals surface area contributed by atoms with E-state index in [2.05, 4.69) is 5.32 Å². The van der Waals surface area contributed by atoms with Crippen molar-refractivity contribution < 1.29 is 4.74 Å². The van der Waals surface area contributed by atoms with Crippen LogP contribution >= 0.6 is 0 Å². The van der Waals surface area contributed by atoms with Crippen molar-refractivity contribution >= 4 is 0 Å². The Bertz CT molecular complexity index is 158. The van der Waals surface area contributed by atoms with Crippen LogP contribution in [-0.2, 0) is 4.74 Å². The van der Waals surface area contributed by atoms with Crippen molar-refractivity contribution in [3.8, 4) is 0 Å². The third-order valence-electron chi connectivity index (χ3n) is 3.77. The molecule has 2 nitrogen and oxygen atoms in total. The van der Waals surface area contributed by atoms with Gasteiger partial charge in [0.15, 0.2) is 0 Å². The molecule has 2 saturated heterocycles. The van der Waals surface area contributed by atoms with Gasteiger partial charge in [0.2, 0.25) is 0 Å². The maximum atomic E-state index is 5.77. The zero-order chi connectivity index (χ0) is 10.3. The number of ether oxygens (including phenoxy) is 1. The zero-order valence-electron chi connectivity index (χ0n) is 9.84. The van der Waals surface area contributed by atoms with E-state index >= 15 is 0 Å². The minimum atomic E-state index is 0.573. The summed E-state index contributed by atoms with van der Waals surface area (Å²) in [6, 6.07) is 0.776. The van der Waals surface area contributed by atoms with Crippen LogP contribution in [0.2, 0.25) is 0 Å². The molecular weight excluding hydrogens is 186 g/mol. The first-order valence-corrected chi connectivity index (χ1v) is 6.80. The van der Waals surface area contributed by atoms with Crippen molar-refractivity contribution in [3.63, 3.8) is 0 Å². The first-order valence-electron chi connectivity index (χ1n) is 6.80. The minimum Gasteiger partial charge on any atom is -0.378 e. The Kier molecular flexibility index (Phi) is 4.94. The molecule has 15 heavy (non-hydrogen) atoms. The fraction of sp³-hybridized carbons (Fsp3) is 1.00. The second-order valence-electron chi connectivity index (χ2n) is 5.07. The third-order valence-corrected chi connectivity index (χ3v) is 3.77. The molecule has 0 aliphatic carbocycles. The lowest BCUT2D eigenvalue weighted by Crippen LogP contribution is -2.30. The van der Waals surface area contributed by atoms with Crippen molar-refractivity contribution in [2.24, 2.45) is 0 Å². The standard InChI is InChI=1S/C13H25NO/c1-2-6-12(14-10-4-1)8-9-13-7-3-5-11-15-13/h12-14H,1-11H2.